The fraction of sp³-hybridized carbons (Fsp3) is 0.375. The molecule has 0 saturated carbocycles. The van der Waals surface area contributed by atoms with E-state index in [-0.39, 0.29) is 0 Å². The van der Waals surface area contributed by atoms with E-state index in [1.165, 1.54) is 27.9 Å². The summed E-state index contributed by atoms with van der Waals surface area (Å²) in [5.41, 5.74) is 7.82. The van der Waals surface area contributed by atoms with Crippen LogP contribution in [0.3, 0.4) is 0 Å². The van der Waals surface area contributed by atoms with Crippen LogP contribution in [0.15, 0.2) is 41.0 Å². The highest BCUT2D eigenvalue weighted by Crippen LogP contribution is 2.39. The van der Waals surface area contributed by atoms with Crippen LogP contribution in [0.1, 0.15) is 51.3 Å². The first kappa shape index (κ1) is 12.1. The Labute approximate surface area is 103 Å². The molecule has 17 heavy (non-hydrogen) atoms. The van der Waals surface area contributed by atoms with Crippen molar-refractivity contribution in [2.75, 3.05) is 0 Å². The van der Waals surface area contributed by atoms with Gasteiger partial charge in [-0.25, -0.2) is 0 Å². The number of hydrogen-bond donors (Lipinski definition) is 1. The highest BCUT2D eigenvalue weighted by Gasteiger charge is 2.19. The Kier molecular flexibility index (Phi) is 3.21. The molecule has 1 aliphatic rings. The maximum atomic E-state index is 9.85. The smallest absolute Gasteiger partial charge is 0.0767 e. The second kappa shape index (κ2) is 4.50. The molecule has 1 aromatic rings. The third-order valence-electron chi connectivity index (χ3n) is 3.83. The number of rotatable bonds is 2. The van der Waals surface area contributed by atoms with Crippen LogP contribution in [0.5, 0.6) is 0 Å². The first-order chi connectivity index (χ1) is 8.02. The molecule has 2 rings (SSSR count). The first-order valence-corrected chi connectivity index (χ1v) is 6.16. The molecule has 0 spiro atoms. The molecule has 1 N–H and O–H groups in total. The van der Waals surface area contributed by atoms with Crippen LogP contribution in [0, 0.1) is 0 Å². The first-order valence-electron chi connectivity index (χ1n) is 6.16. The van der Waals surface area contributed by atoms with Crippen LogP contribution in [-0.4, -0.2) is 5.11 Å². The van der Waals surface area contributed by atoms with Gasteiger partial charge in [-0.15, -0.1) is 0 Å². The molecule has 1 aliphatic carbocycles. The van der Waals surface area contributed by atoms with Crippen LogP contribution in [0.2, 0.25) is 0 Å². The Hall–Kier alpha value is -1.34. The Balaban J connectivity index is 2.51. The van der Waals surface area contributed by atoms with Crippen LogP contribution in [-0.2, 0) is 0 Å². The quantitative estimate of drug-likeness (QED) is 0.802. The predicted molar refractivity (Wildman–Crippen MR) is 72.7 cm³/mol. The number of aliphatic hydroxyl groups excluding tert-OH is 1. The molecule has 90 valence electrons. The highest BCUT2D eigenvalue weighted by atomic mass is 16.3. The third kappa shape index (κ3) is 2.07. The minimum absolute atomic E-state index is 0.410. The second-order valence-corrected chi connectivity index (χ2v) is 4.95. The van der Waals surface area contributed by atoms with E-state index in [2.05, 4.69) is 26.8 Å². The normalized spacial score (nSPS) is 17.9. The number of hydrogen-bond acceptors (Lipinski definition) is 1. The summed E-state index contributed by atoms with van der Waals surface area (Å²) in [5, 5.41) is 9.85. The van der Waals surface area contributed by atoms with Crippen molar-refractivity contribution in [2.45, 2.75) is 40.2 Å². The van der Waals surface area contributed by atoms with Crippen LogP contribution >= 0.6 is 0 Å². The molecule has 1 unspecified atom stereocenters. The van der Waals surface area contributed by atoms with E-state index in [1.54, 1.807) is 0 Å². The van der Waals surface area contributed by atoms with Gasteiger partial charge < -0.3 is 5.11 Å². The summed E-state index contributed by atoms with van der Waals surface area (Å²) in [7, 11) is 0. The third-order valence-corrected chi connectivity index (χ3v) is 3.83. The Bertz CT molecular complexity index is 504. The van der Waals surface area contributed by atoms with Crippen molar-refractivity contribution in [3.8, 4) is 0 Å². The molecule has 0 aromatic heterocycles. The van der Waals surface area contributed by atoms with Gasteiger partial charge in [-0.05, 0) is 62.0 Å². The van der Waals surface area contributed by atoms with E-state index >= 15 is 0 Å². The lowest BCUT2D eigenvalue weighted by Gasteiger charge is -2.14. The topological polar surface area (TPSA) is 20.2 Å². The number of benzene rings is 1. The fourth-order valence-electron chi connectivity index (χ4n) is 2.51. The summed E-state index contributed by atoms with van der Waals surface area (Å²) in [6.45, 7) is 8.39. The van der Waals surface area contributed by atoms with Gasteiger partial charge in [-0.3, -0.25) is 0 Å². The minimum atomic E-state index is -0.410. The van der Waals surface area contributed by atoms with Crippen molar-refractivity contribution in [2.24, 2.45) is 0 Å². The monoisotopic (exact) mass is 228 g/mol. The lowest BCUT2D eigenvalue weighted by Crippen LogP contribution is -1.98. The van der Waals surface area contributed by atoms with Gasteiger partial charge in [-0.2, -0.15) is 0 Å². The van der Waals surface area contributed by atoms with Crippen LogP contribution in [0.25, 0.3) is 5.57 Å². The zero-order valence-corrected chi connectivity index (χ0v) is 11.0. The van der Waals surface area contributed by atoms with E-state index in [9.17, 15) is 5.11 Å². The molecule has 0 fully saturated rings. The van der Waals surface area contributed by atoms with Gasteiger partial charge in [-0.1, -0.05) is 29.8 Å². The van der Waals surface area contributed by atoms with Gasteiger partial charge in [0.1, 0.15) is 0 Å². The second-order valence-electron chi connectivity index (χ2n) is 4.95. The molecule has 0 saturated heterocycles. The van der Waals surface area contributed by atoms with E-state index in [1.807, 2.05) is 25.1 Å². The van der Waals surface area contributed by atoms with E-state index in [4.69, 9.17) is 0 Å². The highest BCUT2D eigenvalue weighted by molar-refractivity contribution is 5.79. The van der Waals surface area contributed by atoms with E-state index < -0.39 is 6.10 Å². The average Bonchev–Trinajstić information content (AvgIpc) is 2.57. The van der Waals surface area contributed by atoms with Crippen molar-refractivity contribution in [1.82, 2.24) is 0 Å². The van der Waals surface area contributed by atoms with Crippen molar-refractivity contribution in [3.63, 3.8) is 0 Å². The van der Waals surface area contributed by atoms with Gasteiger partial charge in [0.25, 0.3) is 0 Å². The molecule has 1 aromatic carbocycles. The summed E-state index contributed by atoms with van der Waals surface area (Å²) in [4.78, 5) is 0. The van der Waals surface area contributed by atoms with E-state index in [0.29, 0.717) is 0 Å². The van der Waals surface area contributed by atoms with E-state index in [0.717, 1.165) is 12.0 Å². The summed E-state index contributed by atoms with van der Waals surface area (Å²) >= 11 is 0. The van der Waals surface area contributed by atoms with Crippen molar-refractivity contribution in [1.29, 1.82) is 0 Å². The molecule has 0 heterocycles. The molecule has 1 heteroatoms. The zero-order chi connectivity index (χ0) is 12.6. The maximum Gasteiger partial charge on any atom is 0.0767 e. The predicted octanol–water partition coefficient (Wildman–Crippen LogP) is 4.25. The molecular formula is C16H20O. The Morgan fingerprint density at radius 1 is 1.06 bits per heavy atom. The molecule has 0 amide bonds. The minimum Gasteiger partial charge on any atom is -0.389 e. The summed E-state index contributed by atoms with van der Waals surface area (Å²) in [6.07, 6.45) is 0.606. The van der Waals surface area contributed by atoms with Gasteiger partial charge in [0.05, 0.1) is 6.10 Å². The standard InChI is InChI=1S/C16H20O/c1-10-9-16(12(3)11(10)2)15-8-6-5-7-14(15)13(4)17/h5-8,13,17H,9H2,1-4H3. The van der Waals surface area contributed by atoms with Crippen LogP contribution in [0.4, 0.5) is 0 Å². The maximum absolute atomic E-state index is 9.85. The van der Waals surface area contributed by atoms with Gasteiger partial charge >= 0.3 is 0 Å². The molecule has 0 aliphatic heterocycles. The number of aliphatic hydroxyl groups is 1. The Morgan fingerprint density at radius 3 is 2.24 bits per heavy atom. The largest absolute Gasteiger partial charge is 0.389 e. The van der Waals surface area contributed by atoms with Crippen LogP contribution < -0.4 is 0 Å². The lowest BCUT2D eigenvalue weighted by atomic mass is 9.93. The van der Waals surface area contributed by atoms with Gasteiger partial charge in [0.2, 0.25) is 0 Å². The lowest BCUT2D eigenvalue weighted by molar-refractivity contribution is 0.199. The van der Waals surface area contributed by atoms with Gasteiger partial charge in [0.15, 0.2) is 0 Å². The molecule has 1 atom stereocenters. The number of allylic oxidation sites excluding steroid dienone is 4. The Morgan fingerprint density at radius 2 is 1.71 bits per heavy atom. The van der Waals surface area contributed by atoms with Crippen molar-refractivity contribution >= 4 is 5.57 Å². The fourth-order valence-corrected chi connectivity index (χ4v) is 2.51. The molecule has 0 bridgehead atoms. The summed E-state index contributed by atoms with van der Waals surface area (Å²) < 4.78 is 0. The van der Waals surface area contributed by atoms with Crippen molar-refractivity contribution < 1.29 is 5.11 Å². The zero-order valence-electron chi connectivity index (χ0n) is 11.0. The molecule has 0 radical (unpaired) electrons. The summed E-state index contributed by atoms with van der Waals surface area (Å²) in [6, 6.07) is 8.17. The molecular weight excluding hydrogens is 208 g/mol. The average molecular weight is 228 g/mol. The summed E-state index contributed by atoms with van der Waals surface area (Å²) in [5.74, 6) is 0. The molecule has 1 nitrogen and oxygen atoms in total. The van der Waals surface area contributed by atoms with Gasteiger partial charge in [0, 0.05) is 0 Å². The van der Waals surface area contributed by atoms with Crippen molar-refractivity contribution in [3.05, 3.63) is 52.1 Å². The SMILES string of the molecule is CC1=C(C)C(C)=C(c2ccccc2C(C)O)C1.